The van der Waals surface area contributed by atoms with Gasteiger partial charge in [0.2, 0.25) is 0 Å². The number of esters is 2. The molecule has 0 amide bonds. The Morgan fingerprint density at radius 1 is 0.437 bits per heavy atom. The summed E-state index contributed by atoms with van der Waals surface area (Å²) in [7, 11) is 5.95. The molecule has 1 N–H and O–H groups in total. The maximum absolute atomic E-state index is 12.8. The lowest BCUT2D eigenvalue weighted by Gasteiger charge is -2.25. The zero-order valence-electron chi connectivity index (χ0n) is 46.6. The first-order valence-electron chi connectivity index (χ1n) is 29.1. The monoisotopic (exact) mass is 997 g/mol. The number of carbonyl (C=O) groups excluding carboxylic acids is 2. The highest BCUT2D eigenvalue weighted by Crippen LogP contribution is 2.16. The Balaban J connectivity index is 4.24. The number of ether oxygens (including phenoxy) is 4. The van der Waals surface area contributed by atoms with Crippen molar-refractivity contribution in [3.8, 4) is 0 Å². The van der Waals surface area contributed by atoms with Crippen LogP contribution in [0, 0.1) is 0 Å². The van der Waals surface area contributed by atoms with Crippen molar-refractivity contribution in [2.75, 3.05) is 47.5 Å². The van der Waals surface area contributed by atoms with Crippen molar-refractivity contribution < 1.29 is 42.9 Å². The van der Waals surface area contributed by atoms with Crippen molar-refractivity contribution in [1.29, 1.82) is 0 Å². The summed E-state index contributed by atoms with van der Waals surface area (Å²) < 4.78 is 22.8. The summed E-state index contributed by atoms with van der Waals surface area (Å²) in [6.07, 6.45) is 65.6. The SMILES string of the molecule is CC/C=C\C/C=C\C/C=C\C/C=C\C/C=C\CCCCCC(=O)OC(COC(=O)CCCCCCCCCCCCCCCCC/C=C\CCCCCCCCCC)COC(OCC[N+](C)(C)C)C(=O)O. The van der Waals surface area contributed by atoms with Crippen LogP contribution in [0.4, 0.5) is 0 Å². The summed E-state index contributed by atoms with van der Waals surface area (Å²) in [5.41, 5.74) is 0. The predicted octanol–water partition coefficient (Wildman–Crippen LogP) is 17.0. The molecule has 410 valence electrons. The van der Waals surface area contributed by atoms with Crippen molar-refractivity contribution in [2.45, 2.75) is 257 Å². The number of carboxylic acid groups (broad SMARTS) is 1. The van der Waals surface area contributed by atoms with E-state index in [-0.39, 0.29) is 32.2 Å². The number of carbonyl (C=O) groups is 3. The topological polar surface area (TPSA) is 108 Å². The first-order valence-corrected chi connectivity index (χ1v) is 29.1. The third-order valence-corrected chi connectivity index (χ3v) is 12.4. The number of likely N-dealkylation sites (N-methyl/N-ethyl adjacent to an activating group) is 1. The highest BCUT2D eigenvalue weighted by molar-refractivity contribution is 5.71. The molecule has 2 atom stereocenters. The van der Waals surface area contributed by atoms with Crippen molar-refractivity contribution >= 4 is 17.9 Å². The molecule has 0 radical (unpaired) electrons. The Bertz CT molecular complexity index is 1390. The van der Waals surface area contributed by atoms with Gasteiger partial charge in [0.05, 0.1) is 34.4 Å². The molecule has 0 saturated carbocycles. The number of hydrogen-bond acceptors (Lipinski definition) is 7. The Hall–Kier alpha value is -3.27. The molecule has 71 heavy (non-hydrogen) atoms. The van der Waals surface area contributed by atoms with Gasteiger partial charge in [-0.3, -0.25) is 9.59 Å². The quantitative estimate of drug-likeness (QED) is 0.0211. The normalized spacial score (nSPS) is 13.3. The van der Waals surface area contributed by atoms with Gasteiger partial charge in [-0.05, 0) is 83.5 Å². The molecule has 0 aliphatic carbocycles. The van der Waals surface area contributed by atoms with E-state index in [1.807, 2.05) is 21.1 Å². The zero-order valence-corrected chi connectivity index (χ0v) is 46.6. The molecule has 9 heteroatoms. The highest BCUT2D eigenvalue weighted by Gasteiger charge is 2.25. The molecule has 0 aliphatic rings. The first kappa shape index (κ1) is 67.7. The van der Waals surface area contributed by atoms with E-state index in [1.165, 1.54) is 141 Å². The van der Waals surface area contributed by atoms with Crippen LogP contribution in [0.2, 0.25) is 0 Å². The molecule has 0 aromatic carbocycles. The van der Waals surface area contributed by atoms with Gasteiger partial charge in [-0.25, -0.2) is 4.79 Å². The van der Waals surface area contributed by atoms with Crippen LogP contribution in [-0.4, -0.2) is 87.4 Å². The molecular formula is C62H110NO8+. The molecule has 0 aliphatic heterocycles. The molecule has 0 aromatic rings. The van der Waals surface area contributed by atoms with E-state index in [1.54, 1.807) is 0 Å². The smallest absolute Gasteiger partial charge is 0.361 e. The van der Waals surface area contributed by atoms with Crippen molar-refractivity contribution in [2.24, 2.45) is 0 Å². The molecule has 0 rings (SSSR count). The second-order valence-corrected chi connectivity index (χ2v) is 20.6. The molecule has 0 spiro atoms. The highest BCUT2D eigenvalue weighted by atomic mass is 16.7. The zero-order chi connectivity index (χ0) is 52.0. The third kappa shape index (κ3) is 54.3. The molecular weight excluding hydrogens is 887 g/mol. The van der Waals surface area contributed by atoms with Crippen molar-refractivity contribution in [3.63, 3.8) is 0 Å². The van der Waals surface area contributed by atoms with Gasteiger partial charge in [0.1, 0.15) is 13.2 Å². The second kappa shape index (κ2) is 53.0. The van der Waals surface area contributed by atoms with Gasteiger partial charge in [-0.1, -0.05) is 222 Å². The summed E-state index contributed by atoms with van der Waals surface area (Å²) >= 11 is 0. The van der Waals surface area contributed by atoms with Gasteiger partial charge >= 0.3 is 17.9 Å². The van der Waals surface area contributed by atoms with Crippen LogP contribution < -0.4 is 0 Å². The Labute approximate surface area is 437 Å². The fourth-order valence-electron chi connectivity index (χ4n) is 7.98. The van der Waals surface area contributed by atoms with E-state index in [0.29, 0.717) is 23.9 Å². The van der Waals surface area contributed by atoms with E-state index in [4.69, 9.17) is 18.9 Å². The fraction of sp³-hybridized carbons (Fsp3) is 0.758. The van der Waals surface area contributed by atoms with E-state index in [2.05, 4.69) is 86.8 Å². The molecule has 0 aromatic heterocycles. The number of quaternary nitrogens is 1. The van der Waals surface area contributed by atoms with Crippen LogP contribution in [0.5, 0.6) is 0 Å². The Kier molecular flexibility index (Phi) is 50.6. The van der Waals surface area contributed by atoms with Crippen LogP contribution in [0.1, 0.15) is 245 Å². The third-order valence-electron chi connectivity index (χ3n) is 12.4. The number of aliphatic carboxylic acids is 1. The van der Waals surface area contributed by atoms with E-state index in [0.717, 1.165) is 70.6 Å². The lowest BCUT2D eigenvalue weighted by molar-refractivity contribution is -0.870. The van der Waals surface area contributed by atoms with Crippen molar-refractivity contribution in [1.82, 2.24) is 0 Å². The Morgan fingerprint density at radius 3 is 1.23 bits per heavy atom. The molecule has 0 bridgehead atoms. The number of unbranched alkanes of at least 4 members (excludes halogenated alkanes) is 26. The van der Waals surface area contributed by atoms with Gasteiger partial charge in [0, 0.05) is 12.8 Å². The van der Waals surface area contributed by atoms with Crippen LogP contribution >= 0.6 is 0 Å². The van der Waals surface area contributed by atoms with E-state index in [9.17, 15) is 19.5 Å². The Morgan fingerprint density at radius 2 is 0.803 bits per heavy atom. The maximum atomic E-state index is 12.8. The van der Waals surface area contributed by atoms with Crippen molar-refractivity contribution in [3.05, 3.63) is 72.9 Å². The summed E-state index contributed by atoms with van der Waals surface area (Å²) in [5.74, 6) is -2.05. The van der Waals surface area contributed by atoms with Gasteiger partial charge < -0.3 is 28.5 Å². The van der Waals surface area contributed by atoms with Crippen LogP contribution in [0.3, 0.4) is 0 Å². The summed E-state index contributed by atoms with van der Waals surface area (Å²) in [5, 5.41) is 9.69. The van der Waals surface area contributed by atoms with Gasteiger partial charge in [0.25, 0.3) is 6.29 Å². The predicted molar refractivity (Wildman–Crippen MR) is 299 cm³/mol. The summed E-state index contributed by atoms with van der Waals surface area (Å²) in [6.45, 7) is 4.74. The number of carboxylic acids is 1. The minimum atomic E-state index is -1.52. The minimum absolute atomic E-state index is 0.178. The lowest BCUT2D eigenvalue weighted by atomic mass is 10.0. The average molecular weight is 998 g/mol. The van der Waals surface area contributed by atoms with Gasteiger partial charge in [-0.2, -0.15) is 0 Å². The standard InChI is InChI=1S/C62H109NO8/c1-6-8-10-12-14-16-18-20-22-24-26-27-28-29-30-31-32-33-35-36-38-40-42-44-46-48-50-52-59(64)69-56-58(57-70-62(61(66)67)68-55-54-63(3,4)5)71-60(65)53-51-49-47-45-43-41-39-37-34-25-23-21-19-17-15-13-11-9-7-2/h9,11,15,17,21,23-24,26,34,37,41,43,58,62H,6-8,10,12-14,16,18-20,22,25,27-33,35-36,38-40,42,44-57H2,1-5H3/p+1/b11-9-,17-15-,23-21-,26-24-,37-34-,43-41-. The van der Waals surface area contributed by atoms with Crippen LogP contribution in [0.15, 0.2) is 72.9 Å². The fourth-order valence-corrected chi connectivity index (χ4v) is 7.98. The summed E-state index contributed by atoms with van der Waals surface area (Å²) in [4.78, 5) is 37.4. The molecule has 0 saturated heterocycles. The van der Waals surface area contributed by atoms with Crippen LogP contribution in [0.25, 0.3) is 0 Å². The van der Waals surface area contributed by atoms with E-state index >= 15 is 0 Å². The van der Waals surface area contributed by atoms with Gasteiger partial charge in [0.15, 0.2) is 6.10 Å². The van der Waals surface area contributed by atoms with Gasteiger partial charge in [-0.15, -0.1) is 0 Å². The average Bonchev–Trinajstić information content (AvgIpc) is 3.34. The molecule has 2 unspecified atom stereocenters. The molecule has 0 heterocycles. The second-order valence-electron chi connectivity index (χ2n) is 20.6. The maximum Gasteiger partial charge on any atom is 0.361 e. The van der Waals surface area contributed by atoms with E-state index < -0.39 is 24.3 Å². The van der Waals surface area contributed by atoms with Crippen LogP contribution in [-0.2, 0) is 33.3 Å². The molecule has 0 fully saturated rings. The first-order chi connectivity index (χ1) is 34.6. The summed E-state index contributed by atoms with van der Waals surface area (Å²) in [6, 6.07) is 0. The molecule has 9 nitrogen and oxygen atoms in total. The minimum Gasteiger partial charge on any atom is -0.477 e. The number of nitrogens with zero attached hydrogens (tertiary/aromatic N) is 1. The largest absolute Gasteiger partial charge is 0.477 e. The number of hydrogen-bond donors (Lipinski definition) is 1. The number of allylic oxidation sites excluding steroid dienone is 12. The lowest BCUT2D eigenvalue weighted by Crippen LogP contribution is -2.40. The number of rotatable bonds is 53.